The number of ether oxygens (including phenoxy) is 1. The van der Waals surface area contributed by atoms with Crippen molar-refractivity contribution in [3.63, 3.8) is 0 Å². The first-order valence-electron chi connectivity index (χ1n) is 5.18. The number of hydrogen-bond donors (Lipinski definition) is 1. The predicted octanol–water partition coefficient (Wildman–Crippen LogP) is 2.26. The van der Waals surface area contributed by atoms with Gasteiger partial charge in [-0.2, -0.15) is 13.2 Å². The summed E-state index contributed by atoms with van der Waals surface area (Å²) in [5.41, 5.74) is -2.68. The van der Waals surface area contributed by atoms with Gasteiger partial charge >= 0.3 is 6.18 Å². The van der Waals surface area contributed by atoms with Crippen LogP contribution < -0.4 is 0 Å². The number of rotatable bonds is 1. The van der Waals surface area contributed by atoms with Gasteiger partial charge in [0, 0.05) is 6.61 Å². The molecule has 1 saturated carbocycles. The van der Waals surface area contributed by atoms with Crippen LogP contribution in [0.25, 0.3) is 0 Å². The first-order valence-corrected chi connectivity index (χ1v) is 5.18. The van der Waals surface area contributed by atoms with Crippen LogP contribution in [0.2, 0.25) is 0 Å². The van der Waals surface area contributed by atoms with E-state index < -0.39 is 17.9 Å². The van der Waals surface area contributed by atoms with Crippen LogP contribution >= 0.6 is 0 Å². The SMILES string of the molecule is CC(O)([C@@H]1CC2(CCO1)CC2)C(F)(F)F. The van der Waals surface area contributed by atoms with Crippen LogP contribution in [0.15, 0.2) is 0 Å². The second-order valence-electron chi connectivity index (χ2n) is 4.96. The molecule has 1 N–H and O–H groups in total. The number of halogens is 3. The Kier molecular flexibility index (Phi) is 2.32. The van der Waals surface area contributed by atoms with Gasteiger partial charge in [0.25, 0.3) is 0 Å². The van der Waals surface area contributed by atoms with Gasteiger partial charge in [-0.25, -0.2) is 0 Å². The van der Waals surface area contributed by atoms with Gasteiger partial charge in [-0.1, -0.05) is 0 Å². The maximum absolute atomic E-state index is 12.6. The smallest absolute Gasteiger partial charge is 0.379 e. The molecule has 1 spiro atoms. The first-order chi connectivity index (χ1) is 6.77. The van der Waals surface area contributed by atoms with Crippen LogP contribution in [0.5, 0.6) is 0 Å². The molecule has 2 nitrogen and oxygen atoms in total. The van der Waals surface area contributed by atoms with E-state index in [1.165, 1.54) is 0 Å². The van der Waals surface area contributed by atoms with Crippen LogP contribution in [0.1, 0.15) is 32.6 Å². The van der Waals surface area contributed by atoms with E-state index in [2.05, 4.69) is 0 Å². The summed E-state index contributed by atoms with van der Waals surface area (Å²) >= 11 is 0. The molecule has 15 heavy (non-hydrogen) atoms. The second-order valence-corrected chi connectivity index (χ2v) is 4.96. The van der Waals surface area contributed by atoms with Crippen LogP contribution in [-0.4, -0.2) is 29.6 Å². The Balaban J connectivity index is 2.09. The Morgan fingerprint density at radius 2 is 1.87 bits per heavy atom. The summed E-state index contributed by atoms with van der Waals surface area (Å²) in [5, 5.41) is 9.49. The quantitative estimate of drug-likeness (QED) is 0.740. The molecule has 2 fully saturated rings. The predicted molar refractivity (Wildman–Crippen MR) is 47.3 cm³/mol. The van der Waals surface area contributed by atoms with Crippen molar-refractivity contribution in [2.24, 2.45) is 5.41 Å². The Morgan fingerprint density at radius 3 is 2.33 bits per heavy atom. The minimum Gasteiger partial charge on any atom is -0.379 e. The van der Waals surface area contributed by atoms with E-state index >= 15 is 0 Å². The van der Waals surface area contributed by atoms with E-state index in [4.69, 9.17) is 4.74 Å². The summed E-state index contributed by atoms with van der Waals surface area (Å²) in [4.78, 5) is 0. The van der Waals surface area contributed by atoms with E-state index in [0.29, 0.717) is 13.0 Å². The summed E-state index contributed by atoms with van der Waals surface area (Å²) in [6.45, 7) is 1.13. The van der Waals surface area contributed by atoms with E-state index in [1.807, 2.05) is 0 Å². The van der Waals surface area contributed by atoms with Crippen molar-refractivity contribution in [1.82, 2.24) is 0 Å². The standard InChI is InChI=1S/C10H15F3O2/c1-8(14,10(11,12)13)7-6-9(2-3-9)4-5-15-7/h7,14H,2-6H2,1H3/t7-,8?/m0/s1. The Bertz CT molecular complexity index is 256. The van der Waals surface area contributed by atoms with Crippen molar-refractivity contribution in [3.05, 3.63) is 0 Å². The highest BCUT2D eigenvalue weighted by atomic mass is 19.4. The maximum Gasteiger partial charge on any atom is 0.419 e. The van der Waals surface area contributed by atoms with Gasteiger partial charge in [-0.3, -0.25) is 0 Å². The summed E-state index contributed by atoms with van der Waals surface area (Å²) in [6.07, 6.45) is -2.61. The lowest BCUT2D eigenvalue weighted by Crippen LogP contribution is -2.55. The van der Waals surface area contributed by atoms with E-state index in [9.17, 15) is 18.3 Å². The topological polar surface area (TPSA) is 29.5 Å². The average molecular weight is 224 g/mol. The molecule has 2 aliphatic rings. The van der Waals surface area contributed by atoms with Crippen molar-refractivity contribution >= 4 is 0 Å². The molecule has 2 rings (SSSR count). The van der Waals surface area contributed by atoms with Crippen molar-refractivity contribution in [3.8, 4) is 0 Å². The van der Waals surface area contributed by atoms with Crippen molar-refractivity contribution in [2.45, 2.75) is 50.5 Å². The molecular weight excluding hydrogens is 209 g/mol. The Labute approximate surface area is 86.4 Å². The Hall–Kier alpha value is -0.290. The van der Waals surface area contributed by atoms with Crippen LogP contribution in [0, 0.1) is 5.41 Å². The average Bonchev–Trinajstić information content (AvgIpc) is 2.83. The van der Waals surface area contributed by atoms with Gasteiger partial charge in [0.05, 0.1) is 6.10 Å². The van der Waals surface area contributed by atoms with Gasteiger partial charge in [-0.05, 0) is 38.0 Å². The second kappa shape index (κ2) is 3.10. The largest absolute Gasteiger partial charge is 0.419 e. The molecule has 0 amide bonds. The van der Waals surface area contributed by atoms with E-state index in [1.54, 1.807) is 0 Å². The molecular formula is C10H15F3O2. The zero-order valence-corrected chi connectivity index (χ0v) is 8.60. The van der Waals surface area contributed by atoms with Gasteiger partial charge < -0.3 is 9.84 Å². The van der Waals surface area contributed by atoms with Gasteiger partial charge in [0.2, 0.25) is 0 Å². The number of alkyl halides is 3. The zero-order valence-electron chi connectivity index (χ0n) is 8.60. The minimum atomic E-state index is -4.62. The van der Waals surface area contributed by atoms with Crippen LogP contribution in [0.3, 0.4) is 0 Å². The lowest BCUT2D eigenvalue weighted by Gasteiger charge is -2.39. The molecule has 1 saturated heterocycles. The Morgan fingerprint density at radius 1 is 1.27 bits per heavy atom. The third-order valence-corrected chi connectivity index (χ3v) is 3.73. The fraction of sp³-hybridized carbons (Fsp3) is 1.00. The van der Waals surface area contributed by atoms with Crippen LogP contribution in [0.4, 0.5) is 13.2 Å². The summed E-state index contributed by atoms with van der Waals surface area (Å²) in [7, 11) is 0. The third kappa shape index (κ3) is 1.87. The molecule has 1 unspecified atom stereocenters. The monoisotopic (exact) mass is 224 g/mol. The summed E-state index contributed by atoms with van der Waals surface area (Å²) in [5.74, 6) is 0. The highest BCUT2D eigenvalue weighted by molar-refractivity contribution is 5.02. The lowest BCUT2D eigenvalue weighted by atomic mass is 9.84. The van der Waals surface area contributed by atoms with Crippen LogP contribution in [-0.2, 0) is 4.74 Å². The minimum absolute atomic E-state index is 0.0398. The normalized spacial score (nSPS) is 33.8. The van der Waals surface area contributed by atoms with E-state index in [0.717, 1.165) is 26.2 Å². The molecule has 2 atom stereocenters. The molecule has 0 aromatic heterocycles. The van der Waals surface area contributed by atoms with Gasteiger partial charge in [-0.15, -0.1) is 0 Å². The third-order valence-electron chi connectivity index (χ3n) is 3.73. The fourth-order valence-corrected chi connectivity index (χ4v) is 2.15. The van der Waals surface area contributed by atoms with Gasteiger partial charge in [0.1, 0.15) is 0 Å². The molecule has 1 heterocycles. The molecule has 0 aromatic carbocycles. The summed E-state index contributed by atoms with van der Waals surface area (Å²) in [6, 6.07) is 0. The highest BCUT2D eigenvalue weighted by Crippen LogP contribution is 2.56. The highest BCUT2D eigenvalue weighted by Gasteiger charge is 2.60. The fourth-order valence-electron chi connectivity index (χ4n) is 2.15. The molecule has 1 aliphatic carbocycles. The first kappa shape index (κ1) is 11.2. The van der Waals surface area contributed by atoms with Gasteiger partial charge in [0.15, 0.2) is 5.60 Å². The maximum atomic E-state index is 12.6. The van der Waals surface area contributed by atoms with E-state index in [-0.39, 0.29) is 5.41 Å². The lowest BCUT2D eigenvalue weighted by molar-refractivity contribution is -0.296. The summed E-state index contributed by atoms with van der Waals surface area (Å²) < 4.78 is 42.8. The molecule has 5 heteroatoms. The molecule has 0 aromatic rings. The van der Waals surface area contributed by atoms with Crippen molar-refractivity contribution < 1.29 is 23.0 Å². The molecule has 0 bridgehead atoms. The van der Waals surface area contributed by atoms with Crippen molar-refractivity contribution in [1.29, 1.82) is 0 Å². The molecule has 0 radical (unpaired) electrons. The van der Waals surface area contributed by atoms with Crippen molar-refractivity contribution in [2.75, 3.05) is 6.61 Å². The number of aliphatic hydroxyl groups is 1. The molecule has 1 aliphatic heterocycles. The number of hydrogen-bond acceptors (Lipinski definition) is 2. The molecule has 88 valence electrons. The zero-order chi connectivity index (χ0) is 11.3.